The fourth-order valence-electron chi connectivity index (χ4n) is 2.29. The molecule has 0 bridgehead atoms. The highest BCUT2D eigenvalue weighted by Crippen LogP contribution is 2.33. The van der Waals surface area contributed by atoms with E-state index in [0.29, 0.717) is 6.07 Å². The molecular formula is C12H11F3N2O6S2. The highest BCUT2D eigenvalue weighted by Gasteiger charge is 2.37. The maximum atomic E-state index is 12.5. The van der Waals surface area contributed by atoms with Gasteiger partial charge in [0.05, 0.1) is 11.5 Å². The zero-order valence-electron chi connectivity index (χ0n) is 12.3. The zero-order chi connectivity index (χ0) is 18.5. The van der Waals surface area contributed by atoms with Crippen molar-refractivity contribution in [3.63, 3.8) is 0 Å². The van der Waals surface area contributed by atoms with E-state index < -0.39 is 42.9 Å². The second-order valence-corrected chi connectivity index (χ2v) is 9.29. The molecule has 0 saturated carbocycles. The molecule has 0 radical (unpaired) electrons. The van der Waals surface area contributed by atoms with Crippen molar-refractivity contribution < 1.29 is 38.9 Å². The highest BCUT2D eigenvalue weighted by molar-refractivity contribution is 7.92. The minimum atomic E-state index is -4.73. The summed E-state index contributed by atoms with van der Waals surface area (Å²) in [6.07, 6.45) is -4.60. The van der Waals surface area contributed by atoms with Gasteiger partial charge in [-0.05, 0) is 18.6 Å². The zero-order valence-corrected chi connectivity index (χ0v) is 13.9. The maximum absolute atomic E-state index is 12.5. The predicted octanol–water partition coefficient (Wildman–Crippen LogP) is 1.42. The summed E-state index contributed by atoms with van der Waals surface area (Å²) in [5.41, 5.74) is -0.322. The lowest BCUT2D eigenvalue weighted by Gasteiger charge is -2.09. The summed E-state index contributed by atoms with van der Waals surface area (Å²) in [4.78, 5) is 0. The quantitative estimate of drug-likeness (QED) is 0.824. The minimum absolute atomic E-state index is 0.122. The predicted molar refractivity (Wildman–Crippen MR) is 76.6 cm³/mol. The Hall–Kier alpha value is -1.86. The van der Waals surface area contributed by atoms with Crippen LogP contribution in [-0.4, -0.2) is 39.5 Å². The van der Waals surface area contributed by atoms with Gasteiger partial charge in [-0.1, -0.05) is 5.16 Å². The summed E-state index contributed by atoms with van der Waals surface area (Å²) >= 11 is 0. The Balaban J connectivity index is 1.80. The van der Waals surface area contributed by atoms with Gasteiger partial charge in [-0.25, -0.2) is 21.6 Å². The third-order valence-electron chi connectivity index (χ3n) is 3.44. The molecule has 0 spiro atoms. The largest absolute Gasteiger partial charge is 0.452 e. The number of sulfonamides is 1. The molecule has 1 aliphatic rings. The number of furan rings is 1. The van der Waals surface area contributed by atoms with Crippen LogP contribution in [0.5, 0.6) is 0 Å². The van der Waals surface area contributed by atoms with Gasteiger partial charge in [0.1, 0.15) is 5.69 Å². The molecule has 138 valence electrons. The van der Waals surface area contributed by atoms with E-state index in [-0.39, 0.29) is 29.4 Å². The maximum Gasteiger partial charge on any atom is 0.452 e. The highest BCUT2D eigenvalue weighted by atomic mass is 32.2. The fraction of sp³-hybridized carbons (Fsp3) is 0.417. The first-order valence-corrected chi connectivity index (χ1v) is 10.1. The molecule has 2 aromatic heterocycles. The van der Waals surface area contributed by atoms with Crippen molar-refractivity contribution in [1.29, 1.82) is 0 Å². The van der Waals surface area contributed by atoms with Crippen LogP contribution in [0.15, 0.2) is 32.2 Å². The Bertz CT molecular complexity index is 990. The smallest absolute Gasteiger partial charge is 0.441 e. The summed E-state index contributed by atoms with van der Waals surface area (Å²) in [6, 6.07) is 1.94. The lowest BCUT2D eigenvalue weighted by molar-refractivity contribution is -0.155. The summed E-state index contributed by atoms with van der Waals surface area (Å²) in [6.45, 7) is 0. The molecule has 1 fully saturated rings. The Kier molecular flexibility index (Phi) is 4.20. The average Bonchev–Trinajstić information content (AvgIpc) is 3.15. The van der Waals surface area contributed by atoms with Gasteiger partial charge < -0.3 is 8.94 Å². The summed E-state index contributed by atoms with van der Waals surface area (Å²) < 4.78 is 95.9. The van der Waals surface area contributed by atoms with Crippen LogP contribution < -0.4 is 4.72 Å². The SMILES string of the molecule is O=S1(=O)CCC(NS(=O)(=O)c2ccc(-c3cc(C(F)(F)F)on3)o2)C1. The summed E-state index contributed by atoms with van der Waals surface area (Å²) in [7, 11) is -7.45. The van der Waals surface area contributed by atoms with E-state index >= 15 is 0 Å². The number of rotatable bonds is 4. The Morgan fingerprint density at radius 1 is 1.28 bits per heavy atom. The van der Waals surface area contributed by atoms with Crippen molar-refractivity contribution in [2.75, 3.05) is 11.5 Å². The Morgan fingerprint density at radius 3 is 2.56 bits per heavy atom. The van der Waals surface area contributed by atoms with Crippen LogP contribution in [0.1, 0.15) is 12.2 Å². The number of nitrogens with zero attached hydrogens (tertiary/aromatic N) is 1. The normalized spacial score (nSPS) is 20.8. The van der Waals surface area contributed by atoms with Gasteiger partial charge in [-0.2, -0.15) is 13.2 Å². The molecular weight excluding hydrogens is 389 g/mol. The van der Waals surface area contributed by atoms with Crippen molar-refractivity contribution in [3.05, 3.63) is 24.0 Å². The summed E-state index contributed by atoms with van der Waals surface area (Å²) in [5.74, 6) is -2.03. The number of hydrogen-bond acceptors (Lipinski definition) is 7. The number of halogens is 3. The monoisotopic (exact) mass is 400 g/mol. The molecule has 13 heteroatoms. The van der Waals surface area contributed by atoms with Crippen molar-refractivity contribution in [2.24, 2.45) is 0 Å². The van der Waals surface area contributed by atoms with Crippen LogP contribution in [0.3, 0.4) is 0 Å². The van der Waals surface area contributed by atoms with E-state index in [1.165, 1.54) is 0 Å². The van der Waals surface area contributed by atoms with Gasteiger partial charge >= 0.3 is 6.18 Å². The molecule has 3 rings (SSSR count). The van der Waals surface area contributed by atoms with Gasteiger partial charge in [0.15, 0.2) is 15.6 Å². The Morgan fingerprint density at radius 2 is 2.00 bits per heavy atom. The molecule has 2 aromatic rings. The molecule has 0 aromatic carbocycles. The molecule has 0 aliphatic carbocycles. The average molecular weight is 400 g/mol. The van der Waals surface area contributed by atoms with Gasteiger partial charge in [-0.15, -0.1) is 0 Å². The summed E-state index contributed by atoms with van der Waals surface area (Å²) in [5, 5.41) is 2.62. The molecule has 25 heavy (non-hydrogen) atoms. The van der Waals surface area contributed by atoms with Crippen molar-refractivity contribution in [1.82, 2.24) is 9.88 Å². The Labute approximate surface area is 139 Å². The van der Waals surface area contributed by atoms with E-state index in [9.17, 15) is 30.0 Å². The van der Waals surface area contributed by atoms with Gasteiger partial charge in [0, 0.05) is 12.1 Å². The van der Waals surface area contributed by atoms with E-state index in [0.717, 1.165) is 12.1 Å². The van der Waals surface area contributed by atoms with Crippen LogP contribution in [0, 0.1) is 0 Å². The number of aromatic nitrogens is 1. The molecule has 1 atom stereocenters. The van der Waals surface area contributed by atoms with Crippen LogP contribution >= 0.6 is 0 Å². The van der Waals surface area contributed by atoms with Crippen LogP contribution in [0.25, 0.3) is 11.5 Å². The van der Waals surface area contributed by atoms with Crippen molar-refractivity contribution in [3.8, 4) is 11.5 Å². The van der Waals surface area contributed by atoms with Crippen LogP contribution in [-0.2, 0) is 26.0 Å². The fourth-order valence-corrected chi connectivity index (χ4v) is 5.27. The first kappa shape index (κ1) is 17.9. The van der Waals surface area contributed by atoms with E-state index in [1.807, 2.05) is 0 Å². The number of nitrogens with one attached hydrogen (secondary N) is 1. The molecule has 1 saturated heterocycles. The van der Waals surface area contributed by atoms with E-state index in [1.54, 1.807) is 0 Å². The second kappa shape index (κ2) is 5.85. The van der Waals surface area contributed by atoms with Crippen molar-refractivity contribution in [2.45, 2.75) is 23.7 Å². The van der Waals surface area contributed by atoms with Crippen LogP contribution in [0.4, 0.5) is 13.2 Å². The topological polar surface area (TPSA) is 119 Å². The molecule has 8 nitrogen and oxygen atoms in total. The van der Waals surface area contributed by atoms with E-state index in [2.05, 4.69) is 14.4 Å². The number of hydrogen-bond donors (Lipinski definition) is 1. The first-order chi connectivity index (χ1) is 11.5. The molecule has 0 amide bonds. The van der Waals surface area contributed by atoms with E-state index in [4.69, 9.17) is 4.42 Å². The molecule has 3 heterocycles. The third-order valence-corrected chi connectivity index (χ3v) is 6.60. The second-order valence-electron chi connectivity index (χ2n) is 5.41. The minimum Gasteiger partial charge on any atom is -0.441 e. The number of sulfone groups is 1. The molecule has 1 aliphatic heterocycles. The number of alkyl halides is 3. The van der Waals surface area contributed by atoms with Gasteiger partial charge in [0.25, 0.3) is 10.0 Å². The standard InChI is InChI=1S/C12H11F3N2O6S2/c13-12(14,15)10-5-8(16-23-10)9-1-2-11(22-9)25(20,21)17-7-3-4-24(18,19)6-7/h1-2,5,7,17H,3-4,6H2. The molecule has 1 unspecified atom stereocenters. The van der Waals surface area contributed by atoms with Gasteiger partial charge in [-0.3, -0.25) is 0 Å². The lowest BCUT2D eigenvalue weighted by Crippen LogP contribution is -2.35. The van der Waals surface area contributed by atoms with Crippen molar-refractivity contribution >= 4 is 19.9 Å². The molecule has 1 N–H and O–H groups in total. The van der Waals surface area contributed by atoms with Gasteiger partial charge in [0.2, 0.25) is 10.9 Å². The first-order valence-electron chi connectivity index (χ1n) is 6.83. The third kappa shape index (κ3) is 3.88. The lowest BCUT2D eigenvalue weighted by atomic mass is 10.3. The van der Waals surface area contributed by atoms with Crippen LogP contribution in [0.2, 0.25) is 0 Å².